The third-order valence-corrected chi connectivity index (χ3v) is 7.06. The monoisotopic (exact) mass is 529 g/mol. The Bertz CT molecular complexity index is 1520. The van der Waals surface area contributed by atoms with Gasteiger partial charge in [0.2, 0.25) is 5.43 Å². The van der Waals surface area contributed by atoms with Crippen molar-refractivity contribution in [2.75, 3.05) is 24.5 Å². The molecule has 3 aromatic rings. The molecule has 2 heterocycles. The third-order valence-electron chi connectivity index (χ3n) is 7.06. The molecule has 3 atom stereocenters. The number of halogens is 3. The van der Waals surface area contributed by atoms with Crippen LogP contribution in [0.15, 0.2) is 41.3 Å². The van der Waals surface area contributed by atoms with Gasteiger partial charge in [0.25, 0.3) is 0 Å². The number of fused-ring (bicyclic) bond motifs is 2. The van der Waals surface area contributed by atoms with E-state index in [9.17, 15) is 28.3 Å². The second-order valence-corrected chi connectivity index (χ2v) is 10.7. The number of alkyl carbamates (subject to hydrolysis) is 1. The summed E-state index contributed by atoms with van der Waals surface area (Å²) in [6.45, 7) is 6.80. The van der Waals surface area contributed by atoms with Gasteiger partial charge >= 0.3 is 12.1 Å². The number of nitrogens with one attached hydrogen (secondary N) is 1. The molecule has 0 unspecified atom stereocenters. The van der Waals surface area contributed by atoms with Gasteiger partial charge < -0.3 is 24.6 Å². The van der Waals surface area contributed by atoms with Crippen molar-refractivity contribution in [3.8, 4) is 5.69 Å². The van der Waals surface area contributed by atoms with E-state index >= 15 is 4.39 Å². The molecule has 0 bridgehead atoms. The molecule has 2 aliphatic rings. The number of aromatic nitrogens is 1. The molecule has 1 aliphatic carbocycles. The number of benzene rings is 2. The Morgan fingerprint density at radius 3 is 2.32 bits per heavy atom. The first-order valence-electron chi connectivity index (χ1n) is 12.1. The van der Waals surface area contributed by atoms with Crippen molar-refractivity contribution in [1.82, 2.24) is 9.88 Å². The van der Waals surface area contributed by atoms with Crippen LogP contribution in [0.5, 0.6) is 0 Å². The fraction of sp³-hybridized carbons (Fsp3) is 0.370. The Balaban J connectivity index is 1.44. The van der Waals surface area contributed by atoms with E-state index in [0.717, 1.165) is 29.0 Å². The van der Waals surface area contributed by atoms with E-state index in [4.69, 9.17) is 4.74 Å². The number of rotatable bonds is 5. The van der Waals surface area contributed by atoms with Crippen molar-refractivity contribution in [3.63, 3.8) is 0 Å². The summed E-state index contributed by atoms with van der Waals surface area (Å²) < 4.78 is 49.9. The Hall–Kier alpha value is -4.02. The van der Waals surface area contributed by atoms with Crippen LogP contribution in [-0.2, 0) is 4.74 Å². The molecule has 1 amide bonds. The predicted octanol–water partition coefficient (Wildman–Crippen LogP) is 4.31. The summed E-state index contributed by atoms with van der Waals surface area (Å²) in [6, 6.07) is 5.12. The lowest BCUT2D eigenvalue weighted by Gasteiger charge is -2.24. The number of carbonyl (C=O) groups excluding carboxylic acids is 1. The zero-order chi connectivity index (χ0) is 27.5. The molecule has 1 saturated carbocycles. The highest BCUT2D eigenvalue weighted by atomic mass is 19.1. The van der Waals surface area contributed by atoms with E-state index in [-0.39, 0.29) is 40.0 Å². The largest absolute Gasteiger partial charge is 0.477 e. The number of anilines is 1. The normalized spacial score (nSPS) is 20.4. The molecule has 2 N–H and O–H groups in total. The maximum Gasteiger partial charge on any atom is 0.407 e. The van der Waals surface area contributed by atoms with Crippen molar-refractivity contribution in [3.05, 3.63) is 69.8 Å². The van der Waals surface area contributed by atoms with E-state index in [1.54, 1.807) is 20.8 Å². The van der Waals surface area contributed by atoms with Crippen molar-refractivity contribution >= 4 is 28.7 Å². The van der Waals surface area contributed by atoms with Crippen molar-refractivity contribution in [2.45, 2.75) is 26.4 Å². The highest BCUT2D eigenvalue weighted by Gasteiger charge is 2.55. The molecule has 38 heavy (non-hydrogen) atoms. The van der Waals surface area contributed by atoms with E-state index in [1.165, 1.54) is 6.07 Å². The summed E-state index contributed by atoms with van der Waals surface area (Å²) >= 11 is 0. The van der Waals surface area contributed by atoms with Crippen LogP contribution in [0.3, 0.4) is 0 Å². The van der Waals surface area contributed by atoms with Crippen molar-refractivity contribution in [2.24, 2.45) is 17.8 Å². The lowest BCUT2D eigenvalue weighted by Crippen LogP contribution is -2.35. The number of ether oxygens (including phenoxy) is 1. The Morgan fingerprint density at radius 2 is 1.71 bits per heavy atom. The van der Waals surface area contributed by atoms with Gasteiger partial charge in [-0.3, -0.25) is 4.79 Å². The van der Waals surface area contributed by atoms with E-state index in [1.807, 2.05) is 4.90 Å². The number of nitrogens with zero attached hydrogens (tertiary/aromatic N) is 2. The number of carbonyl (C=O) groups is 2. The van der Waals surface area contributed by atoms with Gasteiger partial charge in [-0.25, -0.2) is 22.8 Å². The first kappa shape index (κ1) is 25.6. The second-order valence-electron chi connectivity index (χ2n) is 10.7. The fourth-order valence-corrected chi connectivity index (χ4v) is 5.27. The number of aromatic carboxylic acids is 1. The fourth-order valence-electron chi connectivity index (χ4n) is 5.27. The lowest BCUT2D eigenvalue weighted by molar-refractivity contribution is 0.0523. The molecule has 8 nitrogen and oxygen atoms in total. The minimum absolute atomic E-state index is 0.0885. The Morgan fingerprint density at radius 1 is 1.05 bits per heavy atom. The number of carboxylic acid groups (broad SMARTS) is 1. The van der Waals surface area contributed by atoms with Crippen LogP contribution >= 0.6 is 0 Å². The number of amides is 1. The zero-order valence-electron chi connectivity index (χ0n) is 20.9. The van der Waals surface area contributed by atoms with Crippen LogP contribution in [0.25, 0.3) is 16.6 Å². The Labute approximate surface area is 215 Å². The molecular formula is C27H26F3N3O5. The summed E-state index contributed by atoms with van der Waals surface area (Å²) in [7, 11) is 0. The lowest BCUT2D eigenvalue weighted by atomic mass is 10.1. The van der Waals surface area contributed by atoms with Crippen molar-refractivity contribution < 1.29 is 32.6 Å². The maximum atomic E-state index is 15.3. The maximum absolute atomic E-state index is 15.3. The van der Waals surface area contributed by atoms with Gasteiger partial charge in [-0.15, -0.1) is 0 Å². The van der Waals surface area contributed by atoms with E-state index in [2.05, 4.69) is 5.32 Å². The minimum Gasteiger partial charge on any atom is -0.477 e. The number of carboxylic acids is 1. The van der Waals surface area contributed by atoms with Gasteiger partial charge in [0.1, 0.15) is 28.6 Å². The smallest absolute Gasteiger partial charge is 0.407 e. The summed E-state index contributed by atoms with van der Waals surface area (Å²) in [5.74, 6) is -3.38. The van der Waals surface area contributed by atoms with Crippen LogP contribution in [-0.4, -0.2) is 47.0 Å². The number of hydrogen-bond acceptors (Lipinski definition) is 5. The Kier molecular flexibility index (Phi) is 6.12. The molecule has 0 spiro atoms. The molecule has 1 saturated heterocycles. The number of hydrogen-bond donors (Lipinski definition) is 2. The molecule has 2 aromatic carbocycles. The number of pyridine rings is 1. The predicted molar refractivity (Wildman–Crippen MR) is 133 cm³/mol. The van der Waals surface area contributed by atoms with Gasteiger partial charge in [-0.2, -0.15) is 0 Å². The zero-order valence-corrected chi connectivity index (χ0v) is 20.9. The third kappa shape index (κ3) is 4.68. The summed E-state index contributed by atoms with van der Waals surface area (Å²) in [5.41, 5.74) is -2.09. The van der Waals surface area contributed by atoms with Gasteiger partial charge in [0, 0.05) is 37.3 Å². The molecule has 5 rings (SSSR count). The second kappa shape index (κ2) is 9.07. The highest BCUT2D eigenvalue weighted by Crippen LogP contribution is 2.52. The van der Waals surface area contributed by atoms with Crippen LogP contribution < -0.4 is 15.6 Å². The average molecular weight is 530 g/mol. The van der Waals surface area contributed by atoms with Gasteiger partial charge in [0.15, 0.2) is 0 Å². The molecule has 1 aromatic heterocycles. The summed E-state index contributed by atoms with van der Waals surface area (Å²) in [6.07, 6.45) is 0.469. The first-order chi connectivity index (χ1) is 17.8. The molecule has 0 radical (unpaired) electrons. The SMILES string of the molecule is CC(C)(C)OC(=O)NC[C@@H]1[C@H]2CN(c3cc4c(cc3F)c(=O)c(C(=O)O)cn4-c3ccc(F)cc3F)C[C@@H]12. The van der Waals surface area contributed by atoms with Gasteiger partial charge in [0.05, 0.1) is 16.9 Å². The molecule has 1 aliphatic heterocycles. The van der Waals surface area contributed by atoms with Gasteiger partial charge in [-0.05, 0) is 62.8 Å². The summed E-state index contributed by atoms with van der Waals surface area (Å²) in [5, 5.41) is 12.0. The standard InChI is InChI=1S/C27H26F3N3O5/c1-27(2,3)38-26(37)31-9-15-16-10-32(11-17(15)16)23-8-22-14(7-20(23)30)24(34)18(25(35)36)12-33(22)21-5-4-13(28)6-19(21)29/h4-8,12,15-17H,9-11H2,1-3H3,(H,31,37)(H,35,36)/t15-,16-,17+. The van der Waals surface area contributed by atoms with E-state index in [0.29, 0.717) is 25.7 Å². The number of piperidine rings is 1. The van der Waals surface area contributed by atoms with Crippen LogP contribution in [0.2, 0.25) is 0 Å². The molecule has 11 heteroatoms. The van der Waals surface area contributed by atoms with Gasteiger partial charge in [-0.1, -0.05) is 0 Å². The highest BCUT2D eigenvalue weighted by molar-refractivity contribution is 5.94. The first-order valence-corrected chi connectivity index (χ1v) is 12.1. The van der Waals surface area contributed by atoms with Crippen LogP contribution in [0, 0.1) is 35.2 Å². The topological polar surface area (TPSA) is 101 Å². The molecule has 2 fully saturated rings. The quantitative estimate of drug-likeness (QED) is 0.511. The van der Waals surface area contributed by atoms with Crippen molar-refractivity contribution in [1.29, 1.82) is 0 Å². The summed E-state index contributed by atoms with van der Waals surface area (Å²) in [4.78, 5) is 38.3. The van der Waals surface area contributed by atoms with Crippen LogP contribution in [0.4, 0.5) is 23.7 Å². The molecule has 200 valence electrons. The molecular weight excluding hydrogens is 503 g/mol. The minimum atomic E-state index is -1.55. The van der Waals surface area contributed by atoms with Crippen LogP contribution in [0.1, 0.15) is 31.1 Å². The average Bonchev–Trinajstić information content (AvgIpc) is 3.26. The van der Waals surface area contributed by atoms with E-state index < -0.39 is 46.1 Å².